The molecule has 0 saturated heterocycles. The minimum absolute atomic E-state index is 0.378. The van der Waals surface area contributed by atoms with Crippen LogP contribution < -0.4 is 0 Å². The molecule has 0 aliphatic carbocycles. The van der Waals surface area contributed by atoms with Gasteiger partial charge >= 0.3 is 0 Å². The molecule has 2 unspecified atom stereocenters. The molecule has 0 saturated carbocycles. The van der Waals surface area contributed by atoms with Gasteiger partial charge in [-0.15, -0.1) is 0 Å². The van der Waals surface area contributed by atoms with Crippen LogP contribution in [0.15, 0.2) is 0 Å². The molecule has 0 aliphatic rings. The van der Waals surface area contributed by atoms with E-state index in [0.717, 1.165) is 5.92 Å². The van der Waals surface area contributed by atoms with Gasteiger partial charge < -0.3 is 5.11 Å². The minimum Gasteiger partial charge on any atom is -0.396 e. The first kappa shape index (κ1) is 15.0. The first-order valence-electron chi connectivity index (χ1n) is 6.72. The first-order chi connectivity index (χ1) is 7.11. The molecular weight excluding hydrogens is 184 g/mol. The number of aliphatic hydroxyl groups is 1. The van der Waals surface area contributed by atoms with Gasteiger partial charge in [0.25, 0.3) is 0 Å². The van der Waals surface area contributed by atoms with Crippen molar-refractivity contribution in [1.82, 2.24) is 0 Å². The van der Waals surface area contributed by atoms with E-state index in [-0.39, 0.29) is 0 Å². The molecule has 0 rings (SSSR count). The zero-order valence-corrected chi connectivity index (χ0v) is 11.1. The fourth-order valence-corrected chi connectivity index (χ4v) is 2.21. The number of unbranched alkanes of at least 4 members (excludes halogenated alkanes) is 1. The average molecular weight is 214 g/mol. The highest BCUT2D eigenvalue weighted by atomic mass is 16.3. The monoisotopic (exact) mass is 214 g/mol. The third kappa shape index (κ3) is 7.84. The maximum absolute atomic E-state index is 9.33. The van der Waals surface area contributed by atoms with Crippen LogP contribution in [0.1, 0.15) is 66.2 Å². The second-order valence-electron chi connectivity index (χ2n) is 5.39. The van der Waals surface area contributed by atoms with Gasteiger partial charge in [0.1, 0.15) is 0 Å². The Hall–Kier alpha value is -0.0400. The summed E-state index contributed by atoms with van der Waals surface area (Å²) in [5.41, 5.74) is 0. The Morgan fingerprint density at radius 1 is 0.933 bits per heavy atom. The van der Waals surface area contributed by atoms with Crippen molar-refractivity contribution < 1.29 is 5.11 Å². The predicted molar refractivity (Wildman–Crippen MR) is 68.0 cm³/mol. The van der Waals surface area contributed by atoms with Gasteiger partial charge in [-0.05, 0) is 24.2 Å². The van der Waals surface area contributed by atoms with Crippen LogP contribution >= 0.6 is 0 Å². The Bertz CT molecular complexity index is 131. The van der Waals surface area contributed by atoms with Crippen LogP contribution in [-0.2, 0) is 0 Å². The zero-order chi connectivity index (χ0) is 11.7. The van der Waals surface area contributed by atoms with Gasteiger partial charge in [-0.2, -0.15) is 0 Å². The summed E-state index contributed by atoms with van der Waals surface area (Å²) in [7, 11) is 0. The van der Waals surface area contributed by atoms with E-state index in [2.05, 4.69) is 27.7 Å². The molecule has 1 nitrogen and oxygen atoms in total. The van der Waals surface area contributed by atoms with Crippen LogP contribution in [0.4, 0.5) is 0 Å². The SMILES string of the molecule is CCCC(C)C(CO)CCCCC(C)C. The summed E-state index contributed by atoms with van der Waals surface area (Å²) in [5, 5.41) is 9.33. The van der Waals surface area contributed by atoms with Crippen molar-refractivity contribution >= 4 is 0 Å². The lowest BCUT2D eigenvalue weighted by atomic mass is 9.86. The third-order valence-electron chi connectivity index (χ3n) is 3.39. The summed E-state index contributed by atoms with van der Waals surface area (Å²) in [6, 6.07) is 0. The molecule has 0 amide bonds. The maximum Gasteiger partial charge on any atom is 0.0461 e. The van der Waals surface area contributed by atoms with Crippen molar-refractivity contribution in [3.05, 3.63) is 0 Å². The topological polar surface area (TPSA) is 20.2 Å². The van der Waals surface area contributed by atoms with Gasteiger partial charge in [-0.25, -0.2) is 0 Å². The van der Waals surface area contributed by atoms with Crippen molar-refractivity contribution in [3.8, 4) is 0 Å². The smallest absolute Gasteiger partial charge is 0.0461 e. The Labute approximate surface area is 96.3 Å². The Kier molecular flexibility index (Phi) is 9.18. The quantitative estimate of drug-likeness (QED) is 0.569. The lowest BCUT2D eigenvalue weighted by molar-refractivity contribution is 0.165. The highest BCUT2D eigenvalue weighted by Crippen LogP contribution is 2.23. The van der Waals surface area contributed by atoms with Crippen molar-refractivity contribution in [1.29, 1.82) is 0 Å². The molecule has 1 heteroatoms. The Morgan fingerprint density at radius 3 is 2.00 bits per heavy atom. The van der Waals surface area contributed by atoms with E-state index in [1.54, 1.807) is 0 Å². The molecule has 0 fully saturated rings. The molecular formula is C14H30O. The molecule has 1 N–H and O–H groups in total. The molecule has 92 valence electrons. The lowest BCUT2D eigenvalue weighted by Crippen LogP contribution is -2.16. The van der Waals surface area contributed by atoms with Crippen molar-refractivity contribution in [2.75, 3.05) is 6.61 Å². The summed E-state index contributed by atoms with van der Waals surface area (Å²) in [5.74, 6) is 2.06. The normalized spacial score (nSPS) is 15.6. The second-order valence-corrected chi connectivity index (χ2v) is 5.39. The predicted octanol–water partition coefficient (Wildman–Crippen LogP) is 4.25. The lowest BCUT2D eigenvalue weighted by Gasteiger charge is -2.21. The minimum atomic E-state index is 0.378. The third-order valence-corrected chi connectivity index (χ3v) is 3.39. The molecule has 0 radical (unpaired) electrons. The van der Waals surface area contributed by atoms with E-state index in [1.807, 2.05) is 0 Å². The highest BCUT2D eigenvalue weighted by molar-refractivity contribution is 4.65. The van der Waals surface area contributed by atoms with Gasteiger partial charge in [0.15, 0.2) is 0 Å². The van der Waals surface area contributed by atoms with E-state index < -0.39 is 0 Å². The fourth-order valence-electron chi connectivity index (χ4n) is 2.21. The van der Waals surface area contributed by atoms with Crippen LogP contribution in [-0.4, -0.2) is 11.7 Å². The summed E-state index contributed by atoms with van der Waals surface area (Å²) in [6.45, 7) is 9.45. The van der Waals surface area contributed by atoms with Gasteiger partial charge in [-0.1, -0.05) is 59.8 Å². The molecule has 2 atom stereocenters. The summed E-state index contributed by atoms with van der Waals surface area (Å²) < 4.78 is 0. The second kappa shape index (κ2) is 9.21. The number of hydrogen-bond acceptors (Lipinski definition) is 1. The van der Waals surface area contributed by atoms with E-state index in [1.165, 1.54) is 38.5 Å². The van der Waals surface area contributed by atoms with Gasteiger partial charge in [0.05, 0.1) is 0 Å². The van der Waals surface area contributed by atoms with Gasteiger partial charge in [0, 0.05) is 6.61 Å². The molecule has 0 bridgehead atoms. The van der Waals surface area contributed by atoms with Crippen LogP contribution in [0, 0.1) is 17.8 Å². The molecule has 15 heavy (non-hydrogen) atoms. The van der Waals surface area contributed by atoms with E-state index in [9.17, 15) is 5.11 Å². The van der Waals surface area contributed by atoms with Crippen LogP contribution in [0.2, 0.25) is 0 Å². The zero-order valence-electron chi connectivity index (χ0n) is 11.1. The molecule has 0 spiro atoms. The molecule has 0 aromatic rings. The van der Waals surface area contributed by atoms with E-state index in [0.29, 0.717) is 18.4 Å². The molecule has 0 aromatic heterocycles. The van der Waals surface area contributed by atoms with Crippen LogP contribution in [0.5, 0.6) is 0 Å². The van der Waals surface area contributed by atoms with Crippen LogP contribution in [0.3, 0.4) is 0 Å². The van der Waals surface area contributed by atoms with E-state index >= 15 is 0 Å². The van der Waals surface area contributed by atoms with Gasteiger partial charge in [0.2, 0.25) is 0 Å². The summed E-state index contributed by atoms with van der Waals surface area (Å²) in [4.78, 5) is 0. The van der Waals surface area contributed by atoms with Crippen LogP contribution in [0.25, 0.3) is 0 Å². The molecule has 0 heterocycles. The van der Waals surface area contributed by atoms with E-state index in [4.69, 9.17) is 0 Å². The molecule has 0 aromatic carbocycles. The number of rotatable bonds is 9. The molecule has 0 aliphatic heterocycles. The first-order valence-corrected chi connectivity index (χ1v) is 6.72. The number of hydrogen-bond donors (Lipinski definition) is 1. The van der Waals surface area contributed by atoms with Crippen molar-refractivity contribution in [3.63, 3.8) is 0 Å². The van der Waals surface area contributed by atoms with Crippen molar-refractivity contribution in [2.24, 2.45) is 17.8 Å². The van der Waals surface area contributed by atoms with Gasteiger partial charge in [-0.3, -0.25) is 0 Å². The largest absolute Gasteiger partial charge is 0.396 e. The summed E-state index contributed by atoms with van der Waals surface area (Å²) >= 11 is 0. The standard InChI is InChI=1S/C14H30O/c1-5-8-13(4)14(11-15)10-7-6-9-12(2)3/h12-15H,5-11H2,1-4H3. The number of aliphatic hydroxyl groups excluding tert-OH is 1. The average Bonchev–Trinajstić information content (AvgIpc) is 2.17. The fraction of sp³-hybridized carbons (Fsp3) is 1.00. The van der Waals surface area contributed by atoms with Crippen molar-refractivity contribution in [2.45, 2.75) is 66.2 Å². The highest BCUT2D eigenvalue weighted by Gasteiger charge is 2.14. The Balaban J connectivity index is 3.60. The maximum atomic E-state index is 9.33. The Morgan fingerprint density at radius 2 is 1.53 bits per heavy atom. The summed E-state index contributed by atoms with van der Waals surface area (Å²) in [6.07, 6.45) is 7.66.